The van der Waals surface area contributed by atoms with Crippen molar-refractivity contribution in [2.75, 3.05) is 0 Å². The van der Waals surface area contributed by atoms with Gasteiger partial charge in [-0.15, -0.1) is 5.54 Å². The average Bonchev–Trinajstić information content (AvgIpc) is 2.67. The Hall–Kier alpha value is -2.55. The van der Waals surface area contributed by atoms with E-state index in [9.17, 15) is 0 Å². The Kier molecular flexibility index (Phi) is 7.86. The second-order valence-electron chi connectivity index (χ2n) is 8.08. The van der Waals surface area contributed by atoms with E-state index in [4.69, 9.17) is 0 Å². The molecule has 0 atom stereocenters. The van der Waals surface area contributed by atoms with Gasteiger partial charge in [0.2, 0.25) is 0 Å². The number of benzene rings is 2. The zero-order valence-corrected chi connectivity index (χ0v) is 19.0. The van der Waals surface area contributed by atoms with Gasteiger partial charge in [0.15, 0.2) is 0 Å². The molecule has 1 nitrogen and oxygen atoms in total. The van der Waals surface area contributed by atoms with Crippen LogP contribution in [0.25, 0.3) is 0 Å². The highest BCUT2D eigenvalue weighted by molar-refractivity contribution is 6.90. The molecule has 0 bridgehead atoms. The van der Waals surface area contributed by atoms with Crippen LogP contribution in [0.4, 0.5) is 0 Å². The summed E-state index contributed by atoms with van der Waals surface area (Å²) < 4.78 is 0. The van der Waals surface area contributed by atoms with Crippen molar-refractivity contribution in [3.8, 4) is 23.4 Å². The summed E-state index contributed by atoms with van der Waals surface area (Å²) in [6.45, 7) is 14.0. The highest BCUT2D eigenvalue weighted by Crippen LogP contribution is 2.40. The first-order valence-electron chi connectivity index (χ1n) is 10.1. The Morgan fingerprint density at radius 2 is 1.25 bits per heavy atom. The van der Waals surface area contributed by atoms with Crippen LogP contribution >= 0.6 is 0 Å². The lowest BCUT2D eigenvalue weighted by molar-refractivity contribution is 0.838. The van der Waals surface area contributed by atoms with Gasteiger partial charge in [0.1, 0.15) is 13.8 Å². The van der Waals surface area contributed by atoms with Gasteiger partial charge in [0.25, 0.3) is 0 Å². The SMILES string of the molecule is CC(C)[Si](C#CC(=NC#Cc1ccccc1)c1ccccc1)(C(C)C)C(C)C. The van der Waals surface area contributed by atoms with E-state index >= 15 is 0 Å². The van der Waals surface area contributed by atoms with Gasteiger partial charge in [-0.1, -0.05) is 96.0 Å². The third-order valence-electron chi connectivity index (χ3n) is 5.45. The van der Waals surface area contributed by atoms with Crippen LogP contribution in [-0.4, -0.2) is 13.8 Å². The third kappa shape index (κ3) is 5.25. The standard InChI is InChI=1S/C26H31NSi/c1-21(2)28(22(3)4,23(5)6)20-18-26(25-15-11-8-12-16-25)27-19-17-24-13-9-7-10-14-24/h7-16,21-23H,1-6H3. The van der Waals surface area contributed by atoms with Crippen LogP contribution < -0.4 is 0 Å². The molecule has 0 aliphatic carbocycles. The average molecular weight is 386 g/mol. The normalized spacial score (nSPS) is 11.8. The van der Waals surface area contributed by atoms with Crippen LogP contribution in [0, 0.1) is 23.4 Å². The lowest BCUT2D eigenvalue weighted by Gasteiger charge is -2.38. The summed E-state index contributed by atoms with van der Waals surface area (Å²) in [6.07, 6.45) is 0. The van der Waals surface area contributed by atoms with Gasteiger partial charge >= 0.3 is 0 Å². The summed E-state index contributed by atoms with van der Waals surface area (Å²) in [5.74, 6) is 6.58. The Morgan fingerprint density at radius 1 is 0.750 bits per heavy atom. The van der Waals surface area contributed by atoms with E-state index in [2.05, 4.69) is 82.1 Å². The molecule has 2 aromatic carbocycles. The zero-order valence-electron chi connectivity index (χ0n) is 18.0. The van der Waals surface area contributed by atoms with E-state index in [1.54, 1.807) is 0 Å². The molecule has 2 aromatic rings. The van der Waals surface area contributed by atoms with Gasteiger partial charge in [-0.3, -0.25) is 0 Å². The minimum Gasteiger partial charge on any atom is -0.188 e. The first kappa shape index (κ1) is 21.7. The monoisotopic (exact) mass is 385 g/mol. The Bertz CT molecular complexity index is 879. The van der Waals surface area contributed by atoms with Crippen LogP contribution in [0.1, 0.15) is 52.7 Å². The van der Waals surface area contributed by atoms with Crippen molar-refractivity contribution in [1.82, 2.24) is 0 Å². The van der Waals surface area contributed by atoms with Gasteiger partial charge in [0.05, 0.1) is 0 Å². The van der Waals surface area contributed by atoms with E-state index in [0.717, 1.165) is 16.8 Å². The molecule has 0 fully saturated rings. The largest absolute Gasteiger partial charge is 0.188 e. The maximum absolute atomic E-state index is 4.57. The fourth-order valence-corrected chi connectivity index (χ4v) is 9.23. The number of nitrogens with zero attached hydrogens (tertiary/aromatic N) is 1. The Morgan fingerprint density at radius 3 is 1.75 bits per heavy atom. The van der Waals surface area contributed by atoms with Crippen molar-refractivity contribution < 1.29 is 0 Å². The zero-order chi connectivity index (χ0) is 20.6. The summed E-state index contributed by atoms with van der Waals surface area (Å²) >= 11 is 0. The van der Waals surface area contributed by atoms with Crippen molar-refractivity contribution in [3.05, 3.63) is 71.8 Å². The maximum Gasteiger partial charge on any atom is 0.146 e. The van der Waals surface area contributed by atoms with Crippen LogP contribution in [-0.2, 0) is 0 Å². The summed E-state index contributed by atoms with van der Waals surface area (Å²) in [5.41, 5.74) is 8.29. The quantitative estimate of drug-likeness (QED) is 0.315. The molecular formula is C26H31NSi. The predicted molar refractivity (Wildman–Crippen MR) is 125 cm³/mol. The molecule has 2 rings (SSSR count). The molecule has 0 aromatic heterocycles. The molecule has 0 aliphatic rings. The fourth-order valence-electron chi connectivity index (χ4n) is 4.03. The van der Waals surface area contributed by atoms with Crippen molar-refractivity contribution in [3.63, 3.8) is 0 Å². The van der Waals surface area contributed by atoms with E-state index in [0.29, 0.717) is 16.6 Å². The van der Waals surface area contributed by atoms with Crippen molar-refractivity contribution in [2.24, 2.45) is 4.99 Å². The van der Waals surface area contributed by atoms with Gasteiger partial charge in [-0.2, -0.15) is 4.99 Å². The lowest BCUT2D eigenvalue weighted by Crippen LogP contribution is -2.43. The number of hydrogen-bond acceptors (Lipinski definition) is 1. The molecule has 0 unspecified atom stereocenters. The molecule has 2 heteroatoms. The number of rotatable bonds is 4. The summed E-state index contributed by atoms with van der Waals surface area (Å²) in [5, 5.41) is 0. The molecule has 144 valence electrons. The van der Waals surface area contributed by atoms with Crippen LogP contribution in [0.15, 0.2) is 65.7 Å². The van der Waals surface area contributed by atoms with E-state index < -0.39 is 8.07 Å². The smallest absolute Gasteiger partial charge is 0.146 e. The van der Waals surface area contributed by atoms with E-state index in [1.165, 1.54) is 0 Å². The molecule has 0 aliphatic heterocycles. The van der Waals surface area contributed by atoms with Crippen molar-refractivity contribution >= 4 is 13.8 Å². The number of aliphatic imine (C=N–C) groups is 1. The highest BCUT2D eigenvalue weighted by atomic mass is 28.3. The first-order valence-corrected chi connectivity index (χ1v) is 12.3. The van der Waals surface area contributed by atoms with E-state index in [1.807, 2.05) is 48.5 Å². The summed E-state index contributed by atoms with van der Waals surface area (Å²) in [7, 11) is -1.82. The molecule has 0 N–H and O–H groups in total. The summed E-state index contributed by atoms with van der Waals surface area (Å²) in [4.78, 5) is 4.57. The van der Waals surface area contributed by atoms with Crippen molar-refractivity contribution in [2.45, 2.75) is 58.2 Å². The topological polar surface area (TPSA) is 12.4 Å². The first-order chi connectivity index (χ1) is 13.4. The fraction of sp³-hybridized carbons (Fsp3) is 0.346. The molecule has 0 spiro atoms. The molecule has 0 amide bonds. The number of hydrogen-bond donors (Lipinski definition) is 0. The van der Waals surface area contributed by atoms with Gasteiger partial charge in [-0.05, 0) is 34.7 Å². The lowest BCUT2D eigenvalue weighted by atomic mass is 10.1. The molecule has 28 heavy (non-hydrogen) atoms. The van der Waals surface area contributed by atoms with Gasteiger partial charge in [-0.25, -0.2) is 0 Å². The summed E-state index contributed by atoms with van der Waals surface area (Å²) in [6, 6.07) is 23.1. The Labute approximate surface area is 172 Å². The third-order valence-corrected chi connectivity index (χ3v) is 11.7. The van der Waals surface area contributed by atoms with Gasteiger partial charge in [0, 0.05) is 17.2 Å². The van der Waals surface area contributed by atoms with Crippen molar-refractivity contribution in [1.29, 1.82) is 0 Å². The minimum absolute atomic E-state index is 0.590. The maximum atomic E-state index is 4.57. The second-order valence-corrected chi connectivity index (χ2v) is 13.7. The van der Waals surface area contributed by atoms with Crippen LogP contribution in [0.5, 0.6) is 0 Å². The van der Waals surface area contributed by atoms with E-state index in [-0.39, 0.29) is 0 Å². The molecule has 0 heterocycles. The predicted octanol–water partition coefficient (Wildman–Crippen LogP) is 6.71. The van der Waals surface area contributed by atoms with Crippen LogP contribution in [0.3, 0.4) is 0 Å². The van der Waals surface area contributed by atoms with Crippen LogP contribution in [0.2, 0.25) is 16.6 Å². The molecule has 0 saturated heterocycles. The molecular weight excluding hydrogens is 354 g/mol. The highest BCUT2D eigenvalue weighted by Gasteiger charge is 2.41. The second kappa shape index (κ2) is 10.1. The minimum atomic E-state index is -1.82. The Balaban J connectivity index is 2.52. The molecule has 0 radical (unpaired) electrons. The molecule has 0 saturated carbocycles. The van der Waals surface area contributed by atoms with Gasteiger partial charge < -0.3 is 0 Å².